The molecule has 1 amide bonds. The summed E-state index contributed by atoms with van der Waals surface area (Å²) in [5.41, 5.74) is -0.595. The molecule has 1 spiro atoms. The second-order valence-corrected chi connectivity index (χ2v) is 6.29. The van der Waals surface area contributed by atoms with E-state index in [1.54, 1.807) is 4.90 Å². The third kappa shape index (κ3) is 3.17. The smallest absolute Gasteiger partial charge is 0.256 e. The highest BCUT2D eigenvalue weighted by Gasteiger charge is 2.43. The summed E-state index contributed by atoms with van der Waals surface area (Å²) in [6.45, 7) is 0.867. The normalized spacial score (nSPS) is 27.2. The molecule has 2 atom stereocenters. The molecule has 6 nitrogen and oxygen atoms in total. The van der Waals surface area contributed by atoms with Crippen LogP contribution in [0.25, 0.3) is 0 Å². The Morgan fingerprint density at radius 3 is 2.57 bits per heavy atom. The molecule has 0 bridgehead atoms. The van der Waals surface area contributed by atoms with Crippen LogP contribution in [-0.4, -0.2) is 63.6 Å². The van der Waals surface area contributed by atoms with Gasteiger partial charge in [0.1, 0.15) is 17.7 Å². The number of benzene rings is 1. The van der Waals surface area contributed by atoms with Gasteiger partial charge >= 0.3 is 0 Å². The third-order valence-corrected chi connectivity index (χ3v) is 4.73. The highest BCUT2D eigenvalue weighted by atomic mass is 19.1. The molecule has 7 heteroatoms. The Morgan fingerprint density at radius 1 is 1.26 bits per heavy atom. The number of piperidine rings is 1. The third-order valence-electron chi connectivity index (χ3n) is 4.73. The first kappa shape index (κ1) is 16.2. The first-order valence-corrected chi connectivity index (χ1v) is 7.68. The van der Waals surface area contributed by atoms with Gasteiger partial charge in [0.15, 0.2) is 0 Å². The molecule has 126 valence electrons. The number of phenols is 1. The fourth-order valence-electron chi connectivity index (χ4n) is 3.26. The van der Waals surface area contributed by atoms with Crippen molar-refractivity contribution in [1.29, 1.82) is 0 Å². The predicted molar refractivity (Wildman–Crippen MR) is 78.5 cm³/mol. The number of aromatic hydroxyl groups is 1. The number of likely N-dealkylation sites (tertiary alicyclic amines) is 1. The van der Waals surface area contributed by atoms with Crippen LogP contribution in [0, 0.1) is 5.82 Å². The highest BCUT2D eigenvalue weighted by Crippen LogP contribution is 2.35. The van der Waals surface area contributed by atoms with Gasteiger partial charge in [-0.25, -0.2) is 4.39 Å². The van der Waals surface area contributed by atoms with Crippen molar-refractivity contribution < 1.29 is 29.2 Å². The molecule has 0 unspecified atom stereocenters. The van der Waals surface area contributed by atoms with Gasteiger partial charge in [0.2, 0.25) is 0 Å². The fourth-order valence-corrected chi connectivity index (χ4v) is 3.26. The van der Waals surface area contributed by atoms with Crippen LogP contribution in [0.1, 0.15) is 29.6 Å². The van der Waals surface area contributed by atoms with Crippen molar-refractivity contribution in [2.24, 2.45) is 0 Å². The Kier molecular flexibility index (Phi) is 4.27. The Balaban J connectivity index is 1.66. The topological polar surface area (TPSA) is 90.2 Å². The second kappa shape index (κ2) is 6.07. The molecule has 2 fully saturated rings. The number of aliphatic hydroxyl groups is 2. The molecule has 0 aliphatic carbocycles. The Morgan fingerprint density at radius 2 is 1.96 bits per heavy atom. The average Bonchev–Trinajstić information content (AvgIpc) is 2.52. The summed E-state index contributed by atoms with van der Waals surface area (Å²) < 4.78 is 19.5. The van der Waals surface area contributed by atoms with Crippen molar-refractivity contribution in [3.63, 3.8) is 0 Å². The maximum Gasteiger partial charge on any atom is 0.256 e. The number of carbonyl (C=O) groups excluding carboxylic acids is 1. The molecule has 23 heavy (non-hydrogen) atoms. The maximum atomic E-state index is 13.8. The zero-order valence-corrected chi connectivity index (χ0v) is 12.6. The minimum atomic E-state index is -0.869. The summed E-state index contributed by atoms with van der Waals surface area (Å²) in [4.78, 5) is 13.9. The van der Waals surface area contributed by atoms with Crippen LogP contribution in [0.5, 0.6) is 5.75 Å². The van der Waals surface area contributed by atoms with E-state index >= 15 is 0 Å². The number of hydrogen-bond donors (Lipinski definition) is 3. The summed E-state index contributed by atoms with van der Waals surface area (Å²) in [7, 11) is 0. The lowest BCUT2D eigenvalue weighted by atomic mass is 9.82. The second-order valence-electron chi connectivity index (χ2n) is 6.29. The van der Waals surface area contributed by atoms with Crippen molar-refractivity contribution >= 4 is 5.91 Å². The van der Waals surface area contributed by atoms with E-state index < -0.39 is 29.5 Å². The highest BCUT2D eigenvalue weighted by molar-refractivity contribution is 5.94. The lowest BCUT2D eigenvalue weighted by Crippen LogP contribution is -2.55. The first-order valence-electron chi connectivity index (χ1n) is 7.68. The Hall–Kier alpha value is -1.70. The van der Waals surface area contributed by atoms with E-state index in [4.69, 9.17) is 4.74 Å². The molecule has 3 rings (SSSR count). The van der Waals surface area contributed by atoms with Crippen molar-refractivity contribution in [3.05, 3.63) is 29.6 Å². The van der Waals surface area contributed by atoms with Gasteiger partial charge in [-0.1, -0.05) is 0 Å². The molecule has 0 aromatic heterocycles. The quantitative estimate of drug-likeness (QED) is 0.705. The average molecular weight is 325 g/mol. The molecule has 1 aromatic carbocycles. The predicted octanol–water partition coefficient (Wildman–Crippen LogP) is 0.648. The van der Waals surface area contributed by atoms with E-state index in [0.717, 1.165) is 6.07 Å². The number of rotatable bonds is 1. The summed E-state index contributed by atoms with van der Waals surface area (Å²) in [6, 6.07) is 3.47. The van der Waals surface area contributed by atoms with Crippen molar-refractivity contribution in [1.82, 2.24) is 4.90 Å². The standard InChI is InChI=1S/C16H20FNO5/c17-12-7-10(19)1-2-11(12)15(22)18-5-3-16(4-6-18)8-13(20)14(21)9-23-16/h1-2,7,13-14,19-21H,3-6,8-9H2/t13-,14+/m1/s1. The van der Waals surface area contributed by atoms with Gasteiger partial charge in [-0.05, 0) is 25.0 Å². The lowest BCUT2D eigenvalue weighted by molar-refractivity contribution is -0.185. The number of aliphatic hydroxyl groups excluding tert-OH is 2. The van der Waals surface area contributed by atoms with Gasteiger partial charge in [0, 0.05) is 25.6 Å². The number of hydrogen-bond acceptors (Lipinski definition) is 5. The van der Waals surface area contributed by atoms with Gasteiger partial charge in [0.25, 0.3) is 5.91 Å². The van der Waals surface area contributed by atoms with E-state index in [1.165, 1.54) is 12.1 Å². The van der Waals surface area contributed by atoms with Gasteiger partial charge in [0.05, 0.1) is 23.9 Å². The zero-order chi connectivity index (χ0) is 16.6. The molecule has 0 radical (unpaired) electrons. The van der Waals surface area contributed by atoms with Crippen LogP contribution < -0.4 is 0 Å². The van der Waals surface area contributed by atoms with Crippen molar-refractivity contribution in [3.8, 4) is 5.75 Å². The minimum absolute atomic E-state index is 0.0706. The Labute approximate surface area is 133 Å². The summed E-state index contributed by atoms with van der Waals surface area (Å²) in [6.07, 6.45) is -0.291. The zero-order valence-electron chi connectivity index (χ0n) is 12.6. The Bertz CT molecular complexity index is 600. The number of amides is 1. The monoisotopic (exact) mass is 325 g/mol. The molecule has 2 heterocycles. The van der Waals surface area contributed by atoms with E-state index in [1.807, 2.05) is 0 Å². The van der Waals surface area contributed by atoms with Crippen LogP contribution in [0.4, 0.5) is 4.39 Å². The molecular formula is C16H20FNO5. The first-order chi connectivity index (χ1) is 10.9. The molecule has 2 aliphatic heterocycles. The van der Waals surface area contributed by atoms with Crippen LogP contribution in [0.2, 0.25) is 0 Å². The maximum absolute atomic E-state index is 13.8. The van der Waals surface area contributed by atoms with E-state index in [9.17, 15) is 24.5 Å². The number of ether oxygens (including phenoxy) is 1. The molecule has 2 saturated heterocycles. The summed E-state index contributed by atoms with van der Waals surface area (Å²) in [5.74, 6) is -1.39. The van der Waals surface area contributed by atoms with Gasteiger partial charge in [-0.3, -0.25) is 4.79 Å². The van der Waals surface area contributed by atoms with Crippen LogP contribution in [-0.2, 0) is 4.74 Å². The summed E-state index contributed by atoms with van der Waals surface area (Å²) >= 11 is 0. The van der Waals surface area contributed by atoms with Gasteiger partial charge in [-0.15, -0.1) is 0 Å². The molecule has 3 N–H and O–H groups in total. The van der Waals surface area contributed by atoms with Crippen LogP contribution in [0.15, 0.2) is 18.2 Å². The van der Waals surface area contributed by atoms with E-state index in [2.05, 4.69) is 0 Å². The largest absolute Gasteiger partial charge is 0.508 e. The van der Waals surface area contributed by atoms with Crippen molar-refractivity contribution in [2.75, 3.05) is 19.7 Å². The molecule has 0 saturated carbocycles. The van der Waals surface area contributed by atoms with Crippen molar-refractivity contribution in [2.45, 2.75) is 37.1 Å². The lowest BCUT2D eigenvalue weighted by Gasteiger charge is -2.46. The van der Waals surface area contributed by atoms with E-state index in [0.29, 0.717) is 32.4 Å². The SMILES string of the molecule is O=C(c1ccc(O)cc1F)N1CCC2(CC1)C[C@@H](O)[C@@H](O)CO2. The summed E-state index contributed by atoms with van der Waals surface area (Å²) in [5, 5.41) is 28.6. The molecule has 2 aliphatic rings. The minimum Gasteiger partial charge on any atom is -0.508 e. The van der Waals surface area contributed by atoms with Gasteiger partial charge in [-0.2, -0.15) is 0 Å². The molecular weight excluding hydrogens is 305 g/mol. The molecule has 1 aromatic rings. The number of nitrogens with zero attached hydrogens (tertiary/aromatic N) is 1. The number of phenolic OH excluding ortho intramolecular Hbond substituents is 1. The fraction of sp³-hybridized carbons (Fsp3) is 0.562. The van der Waals surface area contributed by atoms with Gasteiger partial charge < -0.3 is 25.0 Å². The number of carbonyl (C=O) groups is 1. The van der Waals surface area contributed by atoms with E-state index in [-0.39, 0.29) is 17.9 Å². The van der Waals surface area contributed by atoms with Crippen LogP contribution >= 0.6 is 0 Å². The number of halogens is 1. The van der Waals surface area contributed by atoms with Crippen LogP contribution in [0.3, 0.4) is 0 Å².